The van der Waals surface area contributed by atoms with Gasteiger partial charge in [0, 0.05) is 31.3 Å². The van der Waals surface area contributed by atoms with Gasteiger partial charge >= 0.3 is 0 Å². The van der Waals surface area contributed by atoms with E-state index < -0.39 is 0 Å². The first kappa shape index (κ1) is 13.2. The molecule has 6 heteroatoms. The first-order chi connectivity index (χ1) is 9.20. The summed E-state index contributed by atoms with van der Waals surface area (Å²) in [6, 6.07) is 1.91. The van der Waals surface area contributed by atoms with Crippen molar-refractivity contribution < 1.29 is 8.94 Å². The summed E-state index contributed by atoms with van der Waals surface area (Å²) < 4.78 is 10.1. The molecule has 0 bridgehead atoms. The minimum absolute atomic E-state index is 0.631. The molecule has 2 aromatic heterocycles. The number of rotatable bonds is 4. The van der Waals surface area contributed by atoms with Crippen molar-refractivity contribution in [1.29, 1.82) is 0 Å². The topological polar surface area (TPSA) is 75.6 Å². The summed E-state index contributed by atoms with van der Waals surface area (Å²) in [4.78, 5) is 4.16. The van der Waals surface area contributed by atoms with Gasteiger partial charge in [0.1, 0.15) is 5.76 Å². The second-order valence-electron chi connectivity index (χ2n) is 4.21. The molecule has 0 aliphatic heterocycles. The summed E-state index contributed by atoms with van der Waals surface area (Å²) in [5.41, 5.74) is 3.03. The van der Waals surface area contributed by atoms with Crippen molar-refractivity contribution in [3.8, 4) is 0 Å². The first-order valence-corrected chi connectivity index (χ1v) is 6.08. The SMILES string of the molecule is CN=C(NCc1ccoc1)NCc1c(C)noc1C. The molecule has 2 rings (SSSR count). The quantitative estimate of drug-likeness (QED) is 0.648. The molecule has 2 aromatic rings. The van der Waals surface area contributed by atoms with Crippen LogP contribution in [0.3, 0.4) is 0 Å². The van der Waals surface area contributed by atoms with Crippen molar-refractivity contribution >= 4 is 5.96 Å². The van der Waals surface area contributed by atoms with Crippen molar-refractivity contribution in [2.45, 2.75) is 26.9 Å². The van der Waals surface area contributed by atoms with Crippen molar-refractivity contribution in [3.05, 3.63) is 41.2 Å². The third kappa shape index (κ3) is 3.37. The summed E-state index contributed by atoms with van der Waals surface area (Å²) in [6.07, 6.45) is 3.35. The Bertz CT molecular complexity index is 523. The molecule has 2 heterocycles. The predicted molar refractivity (Wildman–Crippen MR) is 71.7 cm³/mol. The van der Waals surface area contributed by atoms with E-state index in [-0.39, 0.29) is 0 Å². The number of hydrogen-bond donors (Lipinski definition) is 2. The monoisotopic (exact) mass is 262 g/mol. The van der Waals surface area contributed by atoms with E-state index in [4.69, 9.17) is 8.94 Å². The molecule has 102 valence electrons. The van der Waals surface area contributed by atoms with Crippen LogP contribution in [0.15, 0.2) is 32.5 Å². The highest BCUT2D eigenvalue weighted by Crippen LogP contribution is 2.11. The Morgan fingerprint density at radius 3 is 2.68 bits per heavy atom. The van der Waals surface area contributed by atoms with Gasteiger partial charge in [0.2, 0.25) is 0 Å². The van der Waals surface area contributed by atoms with Crippen LogP contribution in [-0.2, 0) is 13.1 Å². The largest absolute Gasteiger partial charge is 0.472 e. The van der Waals surface area contributed by atoms with Gasteiger partial charge in [-0.05, 0) is 19.9 Å². The maximum absolute atomic E-state index is 5.12. The molecular formula is C13H18N4O2. The van der Waals surface area contributed by atoms with Crippen LogP contribution in [0, 0.1) is 13.8 Å². The Morgan fingerprint density at radius 2 is 2.11 bits per heavy atom. The summed E-state index contributed by atoms with van der Waals surface area (Å²) in [7, 11) is 1.73. The Balaban J connectivity index is 1.86. The molecule has 0 aliphatic rings. The number of guanidine groups is 1. The molecule has 0 spiro atoms. The highest BCUT2D eigenvalue weighted by Gasteiger charge is 2.09. The summed E-state index contributed by atoms with van der Waals surface area (Å²) in [5.74, 6) is 1.55. The first-order valence-electron chi connectivity index (χ1n) is 6.08. The van der Waals surface area contributed by atoms with Gasteiger partial charge in [-0.2, -0.15) is 0 Å². The molecule has 0 unspecified atom stereocenters. The molecule has 2 N–H and O–H groups in total. The van der Waals surface area contributed by atoms with Crippen molar-refractivity contribution in [1.82, 2.24) is 15.8 Å². The van der Waals surface area contributed by atoms with Gasteiger partial charge in [-0.25, -0.2) is 0 Å². The average molecular weight is 262 g/mol. The zero-order valence-corrected chi connectivity index (χ0v) is 11.4. The van der Waals surface area contributed by atoms with Gasteiger partial charge in [0.15, 0.2) is 5.96 Å². The van der Waals surface area contributed by atoms with E-state index in [1.165, 1.54) is 0 Å². The standard InChI is InChI=1S/C13H18N4O2/c1-9-12(10(2)19-17-9)7-16-13(14-3)15-6-11-4-5-18-8-11/h4-5,8H,6-7H2,1-3H3,(H2,14,15,16). The molecule has 6 nitrogen and oxygen atoms in total. The molecular weight excluding hydrogens is 244 g/mol. The highest BCUT2D eigenvalue weighted by atomic mass is 16.5. The summed E-state index contributed by atoms with van der Waals surface area (Å²) >= 11 is 0. The third-order valence-electron chi connectivity index (χ3n) is 2.88. The summed E-state index contributed by atoms with van der Waals surface area (Å²) in [5, 5.41) is 10.3. The van der Waals surface area contributed by atoms with E-state index in [0.29, 0.717) is 13.1 Å². The van der Waals surface area contributed by atoms with Crippen LogP contribution < -0.4 is 10.6 Å². The Hall–Kier alpha value is -2.24. The number of furan rings is 1. The lowest BCUT2D eigenvalue weighted by atomic mass is 10.2. The average Bonchev–Trinajstić information content (AvgIpc) is 3.02. The lowest BCUT2D eigenvalue weighted by Crippen LogP contribution is -2.36. The number of aliphatic imine (C=N–C) groups is 1. The van der Waals surface area contributed by atoms with Crippen molar-refractivity contribution in [3.63, 3.8) is 0 Å². The lowest BCUT2D eigenvalue weighted by molar-refractivity contribution is 0.392. The van der Waals surface area contributed by atoms with Crippen LogP contribution in [0.4, 0.5) is 0 Å². The van der Waals surface area contributed by atoms with E-state index in [2.05, 4.69) is 20.8 Å². The van der Waals surface area contributed by atoms with Gasteiger partial charge in [-0.15, -0.1) is 0 Å². The van der Waals surface area contributed by atoms with Crippen molar-refractivity contribution in [2.24, 2.45) is 4.99 Å². The molecule has 0 fully saturated rings. The number of nitrogens with one attached hydrogen (secondary N) is 2. The smallest absolute Gasteiger partial charge is 0.191 e. The van der Waals surface area contributed by atoms with Crippen LogP contribution >= 0.6 is 0 Å². The van der Waals surface area contributed by atoms with Crippen molar-refractivity contribution in [2.75, 3.05) is 7.05 Å². The van der Waals surface area contributed by atoms with Crippen LogP contribution in [0.1, 0.15) is 22.6 Å². The van der Waals surface area contributed by atoms with E-state index in [9.17, 15) is 0 Å². The van der Waals surface area contributed by atoms with Crippen LogP contribution in [0.5, 0.6) is 0 Å². The fourth-order valence-electron chi connectivity index (χ4n) is 1.73. The fraction of sp³-hybridized carbons (Fsp3) is 0.385. The molecule has 0 saturated heterocycles. The fourth-order valence-corrected chi connectivity index (χ4v) is 1.73. The van der Waals surface area contributed by atoms with Gasteiger partial charge in [0.05, 0.1) is 18.2 Å². The molecule has 0 atom stereocenters. The van der Waals surface area contributed by atoms with E-state index in [0.717, 1.165) is 28.5 Å². The van der Waals surface area contributed by atoms with E-state index >= 15 is 0 Å². The Morgan fingerprint density at radius 1 is 1.32 bits per heavy atom. The predicted octanol–water partition coefficient (Wildman–Crippen LogP) is 1.75. The maximum Gasteiger partial charge on any atom is 0.191 e. The second kappa shape index (κ2) is 6.08. The van der Waals surface area contributed by atoms with Gasteiger partial charge in [0.25, 0.3) is 0 Å². The van der Waals surface area contributed by atoms with Gasteiger partial charge in [-0.1, -0.05) is 5.16 Å². The molecule has 0 saturated carbocycles. The highest BCUT2D eigenvalue weighted by molar-refractivity contribution is 5.79. The molecule has 0 amide bonds. The van der Waals surface area contributed by atoms with Gasteiger partial charge < -0.3 is 19.6 Å². The molecule has 0 aliphatic carbocycles. The molecule has 19 heavy (non-hydrogen) atoms. The number of aryl methyl sites for hydroxylation is 2. The summed E-state index contributed by atoms with van der Waals surface area (Å²) in [6.45, 7) is 5.12. The minimum atomic E-state index is 0.631. The second-order valence-corrected chi connectivity index (χ2v) is 4.21. The lowest BCUT2D eigenvalue weighted by Gasteiger charge is -2.10. The van der Waals surface area contributed by atoms with E-state index in [1.54, 1.807) is 19.6 Å². The number of nitrogens with zero attached hydrogens (tertiary/aromatic N) is 2. The van der Waals surface area contributed by atoms with Crippen LogP contribution in [0.25, 0.3) is 0 Å². The van der Waals surface area contributed by atoms with E-state index in [1.807, 2.05) is 19.9 Å². The maximum atomic E-state index is 5.12. The van der Waals surface area contributed by atoms with Crippen LogP contribution in [-0.4, -0.2) is 18.2 Å². The Labute approximate surface area is 111 Å². The number of aromatic nitrogens is 1. The van der Waals surface area contributed by atoms with Gasteiger partial charge in [-0.3, -0.25) is 4.99 Å². The zero-order valence-electron chi connectivity index (χ0n) is 11.4. The Kier molecular flexibility index (Phi) is 4.22. The zero-order chi connectivity index (χ0) is 13.7. The van der Waals surface area contributed by atoms with Crippen LogP contribution in [0.2, 0.25) is 0 Å². The third-order valence-corrected chi connectivity index (χ3v) is 2.88. The minimum Gasteiger partial charge on any atom is -0.472 e. The normalized spacial score (nSPS) is 11.6. The molecule has 0 radical (unpaired) electrons. The molecule has 0 aromatic carbocycles. The number of hydrogen-bond acceptors (Lipinski definition) is 4.